The Kier molecular flexibility index (Phi) is 2.86. The third-order valence-electron chi connectivity index (χ3n) is 4.08. The fourth-order valence-corrected chi connectivity index (χ4v) is 2.80. The number of hydrogen-bond acceptors (Lipinski definition) is 1. The van der Waals surface area contributed by atoms with Crippen molar-refractivity contribution in [3.05, 3.63) is 72.4 Å². The van der Waals surface area contributed by atoms with Gasteiger partial charge in [0.25, 0.3) is 0 Å². The smallest absolute Gasteiger partial charge is 0.136 e. The third-order valence-corrected chi connectivity index (χ3v) is 4.08. The van der Waals surface area contributed by atoms with Gasteiger partial charge in [-0.05, 0) is 12.5 Å². The van der Waals surface area contributed by atoms with Gasteiger partial charge in [-0.25, -0.2) is 4.52 Å². The van der Waals surface area contributed by atoms with E-state index in [-0.39, 0.29) is 0 Å². The van der Waals surface area contributed by atoms with Crippen molar-refractivity contribution in [1.29, 1.82) is 0 Å². The van der Waals surface area contributed by atoms with E-state index < -0.39 is 0 Å². The average molecular weight is 287 g/mol. The Morgan fingerprint density at radius 2 is 1.59 bits per heavy atom. The molecule has 22 heavy (non-hydrogen) atoms. The van der Waals surface area contributed by atoms with E-state index >= 15 is 0 Å². The van der Waals surface area contributed by atoms with Crippen LogP contribution in [0.3, 0.4) is 0 Å². The molecule has 0 unspecified atom stereocenters. The van der Waals surface area contributed by atoms with Gasteiger partial charge in [0.05, 0.1) is 17.6 Å². The maximum Gasteiger partial charge on any atom is 0.136 e. The van der Waals surface area contributed by atoms with E-state index in [1.54, 1.807) is 0 Å². The van der Waals surface area contributed by atoms with E-state index in [0.717, 1.165) is 16.9 Å². The summed E-state index contributed by atoms with van der Waals surface area (Å²) in [6.45, 7) is 2.10. The van der Waals surface area contributed by atoms with Crippen LogP contribution in [0.2, 0.25) is 0 Å². The maximum atomic E-state index is 4.70. The van der Waals surface area contributed by atoms with Crippen molar-refractivity contribution in [2.45, 2.75) is 6.92 Å². The molecular weight excluding hydrogens is 270 g/mol. The summed E-state index contributed by atoms with van der Waals surface area (Å²) in [5.41, 5.74) is 6.88. The van der Waals surface area contributed by atoms with Crippen LogP contribution in [0, 0.1) is 6.92 Å². The van der Waals surface area contributed by atoms with Gasteiger partial charge in [0.15, 0.2) is 0 Å². The van der Waals surface area contributed by atoms with Crippen molar-refractivity contribution in [3.63, 3.8) is 0 Å². The van der Waals surface area contributed by atoms with Crippen LogP contribution in [0.15, 0.2) is 66.9 Å². The molecule has 3 heteroatoms. The molecule has 0 aliphatic rings. The SMILES string of the molecule is Cc1ccc(-c2cn3nc(-c4ccccc4)cc3n2C)cc1. The molecule has 0 radical (unpaired) electrons. The van der Waals surface area contributed by atoms with Gasteiger partial charge in [-0.3, -0.25) is 0 Å². The predicted octanol–water partition coefficient (Wildman–Crippen LogP) is 4.32. The maximum absolute atomic E-state index is 4.70. The van der Waals surface area contributed by atoms with Gasteiger partial charge in [-0.1, -0.05) is 60.2 Å². The lowest BCUT2D eigenvalue weighted by Gasteiger charge is -2.03. The number of aromatic nitrogens is 3. The van der Waals surface area contributed by atoms with Gasteiger partial charge in [0.2, 0.25) is 0 Å². The zero-order valence-electron chi connectivity index (χ0n) is 12.7. The summed E-state index contributed by atoms with van der Waals surface area (Å²) >= 11 is 0. The minimum Gasteiger partial charge on any atom is -0.328 e. The molecule has 0 saturated heterocycles. The molecule has 4 aromatic rings. The van der Waals surface area contributed by atoms with Crippen molar-refractivity contribution in [2.24, 2.45) is 7.05 Å². The summed E-state index contributed by atoms with van der Waals surface area (Å²) in [6.07, 6.45) is 2.09. The Morgan fingerprint density at radius 1 is 0.864 bits per heavy atom. The number of aryl methyl sites for hydroxylation is 2. The second-order valence-electron chi connectivity index (χ2n) is 5.64. The van der Waals surface area contributed by atoms with Crippen molar-refractivity contribution < 1.29 is 0 Å². The van der Waals surface area contributed by atoms with Crippen LogP contribution in [0.1, 0.15) is 5.56 Å². The van der Waals surface area contributed by atoms with Gasteiger partial charge in [0, 0.05) is 18.7 Å². The van der Waals surface area contributed by atoms with E-state index in [0.29, 0.717) is 0 Å². The van der Waals surface area contributed by atoms with Crippen LogP contribution in [0.5, 0.6) is 0 Å². The standard InChI is InChI=1S/C19H17N3/c1-14-8-10-16(11-9-14)18-13-22-19(21(18)2)12-17(20-22)15-6-4-3-5-7-15/h3-13H,1-2H3. The molecule has 0 saturated carbocycles. The second kappa shape index (κ2) is 4.88. The van der Waals surface area contributed by atoms with Gasteiger partial charge in [0.1, 0.15) is 5.65 Å². The first-order valence-electron chi connectivity index (χ1n) is 7.40. The second-order valence-corrected chi connectivity index (χ2v) is 5.64. The first-order valence-corrected chi connectivity index (χ1v) is 7.40. The molecule has 2 aromatic heterocycles. The zero-order valence-corrected chi connectivity index (χ0v) is 12.7. The fourth-order valence-electron chi connectivity index (χ4n) is 2.80. The van der Waals surface area contributed by atoms with E-state index in [4.69, 9.17) is 5.10 Å². The Hall–Kier alpha value is -2.81. The van der Waals surface area contributed by atoms with Crippen LogP contribution in [0.25, 0.3) is 28.2 Å². The van der Waals surface area contributed by atoms with E-state index in [2.05, 4.69) is 67.2 Å². The number of hydrogen-bond donors (Lipinski definition) is 0. The minimum absolute atomic E-state index is 1.00. The molecule has 0 spiro atoms. The quantitative estimate of drug-likeness (QED) is 0.538. The Morgan fingerprint density at radius 3 is 2.27 bits per heavy atom. The van der Waals surface area contributed by atoms with E-state index in [1.165, 1.54) is 16.8 Å². The first kappa shape index (κ1) is 12.9. The average Bonchev–Trinajstić information content (AvgIpc) is 3.09. The van der Waals surface area contributed by atoms with Crippen molar-refractivity contribution in [1.82, 2.24) is 14.2 Å². The van der Waals surface area contributed by atoms with Gasteiger partial charge >= 0.3 is 0 Å². The minimum atomic E-state index is 1.00. The molecule has 3 nitrogen and oxygen atoms in total. The molecule has 0 aliphatic carbocycles. The summed E-state index contributed by atoms with van der Waals surface area (Å²) in [6, 6.07) is 21.0. The Balaban J connectivity index is 1.82. The van der Waals surface area contributed by atoms with E-state index in [1.807, 2.05) is 22.7 Å². The highest BCUT2D eigenvalue weighted by Crippen LogP contribution is 2.25. The molecule has 0 aliphatic heterocycles. The lowest BCUT2D eigenvalue weighted by Crippen LogP contribution is -1.90. The molecule has 2 heterocycles. The molecule has 108 valence electrons. The lowest BCUT2D eigenvalue weighted by atomic mass is 10.1. The molecule has 0 N–H and O–H groups in total. The molecular formula is C19H17N3. The van der Waals surface area contributed by atoms with Crippen LogP contribution >= 0.6 is 0 Å². The Bertz CT molecular complexity index is 928. The highest BCUT2D eigenvalue weighted by Gasteiger charge is 2.11. The molecule has 2 aromatic carbocycles. The van der Waals surface area contributed by atoms with Crippen LogP contribution in [-0.2, 0) is 7.05 Å². The summed E-state index contributed by atoms with van der Waals surface area (Å²) in [4.78, 5) is 0. The van der Waals surface area contributed by atoms with Crippen molar-refractivity contribution in [2.75, 3.05) is 0 Å². The highest BCUT2D eigenvalue weighted by molar-refractivity contribution is 5.69. The number of benzene rings is 2. The van der Waals surface area contributed by atoms with Gasteiger partial charge < -0.3 is 4.57 Å². The van der Waals surface area contributed by atoms with Crippen LogP contribution in [-0.4, -0.2) is 14.2 Å². The topological polar surface area (TPSA) is 22.2 Å². The summed E-state index contributed by atoms with van der Waals surface area (Å²) < 4.78 is 4.14. The lowest BCUT2D eigenvalue weighted by molar-refractivity contribution is 0.933. The number of rotatable bonds is 2. The molecule has 0 fully saturated rings. The third kappa shape index (κ3) is 2.02. The summed E-state index contributed by atoms with van der Waals surface area (Å²) in [5.74, 6) is 0. The fraction of sp³-hybridized carbons (Fsp3) is 0.105. The largest absolute Gasteiger partial charge is 0.328 e. The summed E-state index contributed by atoms with van der Waals surface area (Å²) in [7, 11) is 2.08. The van der Waals surface area contributed by atoms with Crippen molar-refractivity contribution >= 4 is 5.65 Å². The molecule has 0 atom stereocenters. The number of imidazole rings is 1. The van der Waals surface area contributed by atoms with E-state index in [9.17, 15) is 0 Å². The highest BCUT2D eigenvalue weighted by atomic mass is 15.3. The summed E-state index contributed by atoms with van der Waals surface area (Å²) in [5, 5.41) is 4.70. The van der Waals surface area contributed by atoms with Gasteiger partial charge in [-0.15, -0.1) is 0 Å². The normalized spacial score (nSPS) is 11.2. The van der Waals surface area contributed by atoms with Crippen molar-refractivity contribution in [3.8, 4) is 22.5 Å². The molecule has 4 rings (SSSR count). The number of nitrogens with zero attached hydrogens (tertiary/aromatic N) is 3. The van der Waals surface area contributed by atoms with Crippen LogP contribution in [0.4, 0.5) is 0 Å². The molecule has 0 bridgehead atoms. The monoisotopic (exact) mass is 287 g/mol. The molecule has 0 amide bonds. The first-order chi connectivity index (χ1) is 10.7. The predicted molar refractivity (Wildman–Crippen MR) is 89.8 cm³/mol. The Labute approximate surface area is 129 Å². The number of fused-ring (bicyclic) bond motifs is 1. The zero-order chi connectivity index (χ0) is 15.1. The van der Waals surface area contributed by atoms with Gasteiger partial charge in [-0.2, -0.15) is 5.10 Å². The van der Waals surface area contributed by atoms with Crippen LogP contribution < -0.4 is 0 Å².